The number of hydrogen-bond donors (Lipinski definition) is 0. The fraction of sp³-hybridized carbons (Fsp3) is 0.571. The summed E-state index contributed by atoms with van der Waals surface area (Å²) in [5, 5.41) is 0. The number of rotatable bonds is 7. The van der Waals surface area contributed by atoms with Gasteiger partial charge in [0.25, 0.3) is 0 Å². The van der Waals surface area contributed by atoms with Crippen molar-refractivity contribution in [1.29, 1.82) is 0 Å². The molecule has 0 aromatic rings. The summed E-state index contributed by atoms with van der Waals surface area (Å²) in [5.41, 5.74) is 1.47. The van der Waals surface area contributed by atoms with Crippen molar-refractivity contribution in [3.63, 3.8) is 0 Å². The minimum absolute atomic E-state index is 0.932. The molecule has 0 unspecified atom stereocenters. The normalized spacial score (nSPS) is 11.9. The first-order valence-electron chi connectivity index (χ1n) is 5.51. The molecule has 0 atom stereocenters. The summed E-state index contributed by atoms with van der Waals surface area (Å²) in [6.07, 6.45) is 18.8. The van der Waals surface area contributed by atoms with Crippen LogP contribution in [0.2, 0.25) is 0 Å². The van der Waals surface area contributed by atoms with Crippen LogP contribution < -0.4 is 0 Å². The van der Waals surface area contributed by atoms with Gasteiger partial charge in [-0.2, -0.15) is 0 Å². The second-order valence-electron chi connectivity index (χ2n) is 3.63. The highest BCUT2D eigenvalue weighted by Gasteiger charge is 1.88. The summed E-state index contributed by atoms with van der Waals surface area (Å²) in [4.78, 5) is 0. The molecule has 14 heavy (non-hydrogen) atoms. The molecule has 0 bridgehead atoms. The highest BCUT2D eigenvalue weighted by Crippen LogP contribution is 2.07. The van der Waals surface area contributed by atoms with E-state index in [1.807, 2.05) is 0 Å². The maximum Gasteiger partial charge on any atom is 0.00860 e. The summed E-state index contributed by atoms with van der Waals surface area (Å²) in [5.74, 6) is 2.67. The van der Waals surface area contributed by atoms with E-state index < -0.39 is 0 Å². The molecule has 0 fully saturated rings. The molecule has 0 heteroatoms. The van der Waals surface area contributed by atoms with E-state index in [0.717, 1.165) is 12.8 Å². The first-order valence-corrected chi connectivity index (χ1v) is 5.51. The molecule has 0 aliphatic rings. The van der Waals surface area contributed by atoms with Crippen LogP contribution in [0, 0.1) is 12.3 Å². The van der Waals surface area contributed by atoms with Gasteiger partial charge in [-0.15, -0.1) is 12.3 Å². The van der Waals surface area contributed by atoms with Crippen LogP contribution in [0.1, 0.15) is 52.4 Å². The van der Waals surface area contributed by atoms with Gasteiger partial charge >= 0.3 is 0 Å². The highest BCUT2D eigenvalue weighted by atomic mass is 13.9. The zero-order valence-corrected chi connectivity index (χ0v) is 9.55. The Morgan fingerprint density at radius 2 is 2.07 bits per heavy atom. The van der Waals surface area contributed by atoms with E-state index in [4.69, 9.17) is 6.42 Å². The predicted molar refractivity (Wildman–Crippen MR) is 65.1 cm³/mol. The lowest BCUT2D eigenvalue weighted by molar-refractivity contribution is 0.700. The number of allylic oxidation sites excluding steroid dienone is 4. The average Bonchev–Trinajstić information content (AvgIpc) is 2.20. The molecule has 0 radical (unpaired) electrons. The molecular formula is C14H22. The number of terminal acetylenes is 1. The van der Waals surface area contributed by atoms with E-state index in [2.05, 4.69) is 38.0 Å². The lowest BCUT2D eigenvalue weighted by atomic mass is 10.1. The van der Waals surface area contributed by atoms with Crippen molar-refractivity contribution >= 4 is 0 Å². The maximum absolute atomic E-state index is 5.18. The van der Waals surface area contributed by atoms with E-state index >= 15 is 0 Å². The first-order chi connectivity index (χ1) is 6.81. The Morgan fingerprint density at radius 1 is 1.29 bits per heavy atom. The summed E-state index contributed by atoms with van der Waals surface area (Å²) in [6.45, 7) is 4.26. The van der Waals surface area contributed by atoms with Crippen molar-refractivity contribution in [1.82, 2.24) is 0 Å². The van der Waals surface area contributed by atoms with Gasteiger partial charge in [0.1, 0.15) is 0 Å². The van der Waals surface area contributed by atoms with Crippen LogP contribution in [-0.2, 0) is 0 Å². The zero-order chi connectivity index (χ0) is 10.6. The third-order valence-corrected chi connectivity index (χ3v) is 2.19. The van der Waals surface area contributed by atoms with Crippen molar-refractivity contribution in [3.8, 4) is 12.3 Å². The van der Waals surface area contributed by atoms with Gasteiger partial charge in [0.15, 0.2) is 0 Å². The maximum atomic E-state index is 5.18. The lowest BCUT2D eigenvalue weighted by Gasteiger charge is -1.97. The van der Waals surface area contributed by atoms with Crippen LogP contribution >= 0.6 is 0 Å². The molecule has 0 aromatic heterocycles. The Bertz CT molecular complexity index is 213. The Hall–Kier alpha value is -0.960. The van der Waals surface area contributed by atoms with Gasteiger partial charge in [-0.25, -0.2) is 0 Å². The SMILES string of the molecule is C#CCCCCCC=C(C)CC=CC. The van der Waals surface area contributed by atoms with E-state index in [-0.39, 0.29) is 0 Å². The first kappa shape index (κ1) is 13.0. The summed E-state index contributed by atoms with van der Waals surface area (Å²) < 4.78 is 0. The third kappa shape index (κ3) is 9.13. The Morgan fingerprint density at radius 3 is 2.71 bits per heavy atom. The van der Waals surface area contributed by atoms with Crippen molar-refractivity contribution < 1.29 is 0 Å². The Labute approximate surface area is 89.1 Å². The zero-order valence-electron chi connectivity index (χ0n) is 9.55. The largest absolute Gasteiger partial charge is 0.120 e. The Balaban J connectivity index is 3.37. The smallest absolute Gasteiger partial charge is 0.00860 e. The van der Waals surface area contributed by atoms with Gasteiger partial charge in [-0.1, -0.05) is 30.2 Å². The topological polar surface area (TPSA) is 0 Å². The van der Waals surface area contributed by atoms with Crippen LogP contribution in [-0.4, -0.2) is 0 Å². The molecule has 0 aromatic carbocycles. The molecule has 0 saturated carbocycles. The summed E-state index contributed by atoms with van der Waals surface area (Å²) >= 11 is 0. The van der Waals surface area contributed by atoms with E-state index in [0.29, 0.717) is 0 Å². The molecular weight excluding hydrogens is 168 g/mol. The van der Waals surface area contributed by atoms with Crippen LogP contribution in [0.4, 0.5) is 0 Å². The molecule has 0 spiro atoms. The number of hydrogen-bond acceptors (Lipinski definition) is 0. The second-order valence-corrected chi connectivity index (χ2v) is 3.63. The molecule has 0 nitrogen and oxygen atoms in total. The van der Waals surface area contributed by atoms with Crippen LogP contribution in [0.25, 0.3) is 0 Å². The fourth-order valence-corrected chi connectivity index (χ4v) is 1.28. The van der Waals surface area contributed by atoms with Gasteiger partial charge in [0, 0.05) is 6.42 Å². The quantitative estimate of drug-likeness (QED) is 0.315. The molecule has 0 amide bonds. The highest BCUT2D eigenvalue weighted by molar-refractivity contribution is 5.03. The lowest BCUT2D eigenvalue weighted by Crippen LogP contribution is -1.77. The number of unbranched alkanes of at least 4 members (excludes halogenated alkanes) is 4. The van der Waals surface area contributed by atoms with Crippen LogP contribution in [0.15, 0.2) is 23.8 Å². The van der Waals surface area contributed by atoms with Crippen LogP contribution in [0.3, 0.4) is 0 Å². The van der Waals surface area contributed by atoms with Gasteiger partial charge in [0.2, 0.25) is 0 Å². The van der Waals surface area contributed by atoms with Crippen molar-refractivity contribution in [2.75, 3.05) is 0 Å². The second kappa shape index (κ2) is 10.1. The standard InChI is InChI=1S/C14H22/c1-4-6-8-9-10-11-13-14(3)12-7-5-2/h1,5,7,13H,6,8-12H2,2-3H3. The minimum atomic E-state index is 0.932. The van der Waals surface area contributed by atoms with Crippen molar-refractivity contribution in [2.24, 2.45) is 0 Å². The van der Waals surface area contributed by atoms with E-state index in [1.165, 1.54) is 31.3 Å². The van der Waals surface area contributed by atoms with Crippen LogP contribution in [0.5, 0.6) is 0 Å². The van der Waals surface area contributed by atoms with Gasteiger partial charge in [-0.3, -0.25) is 0 Å². The minimum Gasteiger partial charge on any atom is -0.120 e. The van der Waals surface area contributed by atoms with E-state index in [9.17, 15) is 0 Å². The van der Waals surface area contributed by atoms with Gasteiger partial charge in [0.05, 0.1) is 0 Å². The molecule has 0 heterocycles. The molecule has 78 valence electrons. The van der Waals surface area contributed by atoms with Gasteiger partial charge < -0.3 is 0 Å². The summed E-state index contributed by atoms with van der Waals surface area (Å²) in [7, 11) is 0. The Kier molecular flexibility index (Phi) is 9.43. The van der Waals surface area contributed by atoms with E-state index in [1.54, 1.807) is 0 Å². The van der Waals surface area contributed by atoms with Crippen molar-refractivity contribution in [2.45, 2.75) is 52.4 Å². The molecule has 0 N–H and O–H groups in total. The monoisotopic (exact) mass is 190 g/mol. The van der Waals surface area contributed by atoms with Gasteiger partial charge in [-0.05, 0) is 39.5 Å². The average molecular weight is 190 g/mol. The molecule has 0 aliphatic heterocycles. The molecule has 0 saturated heterocycles. The predicted octanol–water partition coefficient (Wildman–Crippen LogP) is 4.48. The molecule has 0 aliphatic carbocycles. The van der Waals surface area contributed by atoms with Crippen molar-refractivity contribution in [3.05, 3.63) is 23.8 Å². The fourth-order valence-electron chi connectivity index (χ4n) is 1.28. The molecule has 0 rings (SSSR count). The summed E-state index contributed by atoms with van der Waals surface area (Å²) in [6, 6.07) is 0. The third-order valence-electron chi connectivity index (χ3n) is 2.19.